The molecule has 0 bridgehead atoms. The van der Waals surface area contributed by atoms with E-state index >= 15 is 0 Å². The van der Waals surface area contributed by atoms with Gasteiger partial charge in [-0.2, -0.15) is 0 Å². The van der Waals surface area contributed by atoms with Crippen molar-refractivity contribution in [2.75, 3.05) is 4.90 Å². The molecule has 1 saturated heterocycles. The summed E-state index contributed by atoms with van der Waals surface area (Å²) in [4.78, 5) is 6.81. The third kappa shape index (κ3) is 3.53. The van der Waals surface area contributed by atoms with Gasteiger partial charge >= 0.3 is 0 Å². The summed E-state index contributed by atoms with van der Waals surface area (Å²) >= 11 is 11.9. The standard InChI is InChI=1S/C23H23ClN4S/c24-17-8-10-19(11-9-17)28-22(16-12-14-27(15-16)18-5-1-2-6-18)21(26-23(28)29)20-7-3-4-13-25-20/h3-4,7-15,18,21-22H,1-2,5-6H2,(H,26,29)/t21-,22-/m0/s1. The third-order valence-electron chi connectivity index (χ3n) is 6.03. The van der Waals surface area contributed by atoms with Crippen LogP contribution in [0.25, 0.3) is 0 Å². The highest BCUT2D eigenvalue weighted by Gasteiger charge is 2.41. The smallest absolute Gasteiger partial charge is 0.174 e. The van der Waals surface area contributed by atoms with Crippen LogP contribution >= 0.6 is 23.8 Å². The van der Waals surface area contributed by atoms with Crippen molar-refractivity contribution in [1.82, 2.24) is 14.9 Å². The van der Waals surface area contributed by atoms with Crippen LogP contribution in [-0.4, -0.2) is 14.7 Å². The Morgan fingerprint density at radius 2 is 1.83 bits per heavy atom. The molecule has 3 aromatic rings. The van der Waals surface area contributed by atoms with E-state index in [1.165, 1.54) is 31.2 Å². The van der Waals surface area contributed by atoms with Gasteiger partial charge in [-0.05, 0) is 73.1 Å². The average molecular weight is 423 g/mol. The molecule has 2 fully saturated rings. The van der Waals surface area contributed by atoms with Gasteiger partial charge in [-0.1, -0.05) is 30.5 Å². The normalized spacial score (nSPS) is 22.2. The van der Waals surface area contributed by atoms with Crippen LogP contribution < -0.4 is 10.2 Å². The Morgan fingerprint density at radius 1 is 1.03 bits per heavy atom. The molecule has 1 saturated carbocycles. The van der Waals surface area contributed by atoms with Crippen LogP contribution in [0.2, 0.25) is 5.02 Å². The number of anilines is 1. The lowest BCUT2D eigenvalue weighted by atomic mass is 9.98. The minimum Gasteiger partial charge on any atom is -0.351 e. The summed E-state index contributed by atoms with van der Waals surface area (Å²) in [5.41, 5.74) is 3.27. The fourth-order valence-electron chi connectivity index (χ4n) is 4.61. The third-order valence-corrected chi connectivity index (χ3v) is 6.59. The number of pyridine rings is 1. The summed E-state index contributed by atoms with van der Waals surface area (Å²) in [6.07, 6.45) is 11.5. The summed E-state index contributed by atoms with van der Waals surface area (Å²) in [5.74, 6) is 0. The van der Waals surface area contributed by atoms with Gasteiger partial charge in [-0.3, -0.25) is 4.98 Å². The van der Waals surface area contributed by atoms with Crippen molar-refractivity contribution in [1.29, 1.82) is 0 Å². The van der Waals surface area contributed by atoms with Gasteiger partial charge in [0.2, 0.25) is 0 Å². The number of nitrogens with zero attached hydrogens (tertiary/aromatic N) is 3. The quantitative estimate of drug-likeness (QED) is 0.536. The van der Waals surface area contributed by atoms with Gasteiger partial charge in [0.25, 0.3) is 0 Å². The molecule has 4 nitrogen and oxygen atoms in total. The van der Waals surface area contributed by atoms with Crippen LogP contribution in [0.5, 0.6) is 0 Å². The first-order valence-electron chi connectivity index (χ1n) is 10.1. The molecule has 1 aromatic carbocycles. The first-order valence-corrected chi connectivity index (χ1v) is 10.9. The van der Waals surface area contributed by atoms with Gasteiger partial charge in [-0.25, -0.2) is 0 Å². The number of hydrogen-bond donors (Lipinski definition) is 1. The van der Waals surface area contributed by atoms with E-state index in [0.717, 1.165) is 16.4 Å². The van der Waals surface area contributed by atoms with Gasteiger partial charge in [0.15, 0.2) is 5.11 Å². The van der Waals surface area contributed by atoms with Gasteiger partial charge in [0.1, 0.15) is 0 Å². The van der Waals surface area contributed by atoms with E-state index in [1.54, 1.807) is 0 Å². The van der Waals surface area contributed by atoms with Crippen LogP contribution in [0.15, 0.2) is 67.1 Å². The molecule has 1 aliphatic carbocycles. The largest absolute Gasteiger partial charge is 0.351 e. The molecule has 29 heavy (non-hydrogen) atoms. The van der Waals surface area contributed by atoms with Gasteiger partial charge in [0, 0.05) is 35.3 Å². The molecular weight excluding hydrogens is 400 g/mol. The SMILES string of the molecule is S=C1N[C@@H](c2ccccn2)[C@H](c2ccn(C3CCCC3)c2)N1c1ccc(Cl)cc1. The predicted molar refractivity (Wildman–Crippen MR) is 121 cm³/mol. The monoisotopic (exact) mass is 422 g/mol. The van der Waals surface area contributed by atoms with E-state index in [9.17, 15) is 0 Å². The number of benzene rings is 1. The zero-order valence-electron chi connectivity index (χ0n) is 16.0. The summed E-state index contributed by atoms with van der Waals surface area (Å²) < 4.78 is 2.39. The molecule has 0 unspecified atom stereocenters. The topological polar surface area (TPSA) is 33.1 Å². The second kappa shape index (κ2) is 7.81. The van der Waals surface area contributed by atoms with Crippen molar-refractivity contribution < 1.29 is 0 Å². The van der Waals surface area contributed by atoms with E-state index in [4.69, 9.17) is 23.8 Å². The highest BCUT2D eigenvalue weighted by Crippen LogP contribution is 2.42. The lowest BCUT2D eigenvalue weighted by Crippen LogP contribution is -2.29. The minimum atomic E-state index is -0.0150. The van der Waals surface area contributed by atoms with Gasteiger partial charge in [-0.15, -0.1) is 0 Å². The molecule has 6 heteroatoms. The summed E-state index contributed by atoms with van der Waals surface area (Å²) in [7, 11) is 0. The van der Waals surface area contributed by atoms with Crippen LogP contribution in [-0.2, 0) is 0 Å². The maximum absolute atomic E-state index is 6.13. The Labute approximate surface area is 181 Å². The van der Waals surface area contributed by atoms with Crippen molar-refractivity contribution in [3.05, 3.63) is 83.4 Å². The Hall–Kier alpha value is -2.37. The number of rotatable bonds is 4. The lowest BCUT2D eigenvalue weighted by Gasteiger charge is -2.27. The van der Waals surface area contributed by atoms with Crippen LogP contribution in [0.3, 0.4) is 0 Å². The van der Waals surface area contributed by atoms with Crippen LogP contribution in [0.4, 0.5) is 5.69 Å². The second-order valence-corrected chi connectivity index (χ2v) is 8.63. The van der Waals surface area contributed by atoms with E-state index in [-0.39, 0.29) is 12.1 Å². The number of aromatic nitrogens is 2. The Balaban J connectivity index is 1.56. The van der Waals surface area contributed by atoms with E-state index in [1.807, 2.05) is 42.6 Å². The highest BCUT2D eigenvalue weighted by atomic mass is 35.5. The highest BCUT2D eigenvalue weighted by molar-refractivity contribution is 7.80. The van der Waals surface area contributed by atoms with Crippen LogP contribution in [0.1, 0.15) is 55.1 Å². The summed E-state index contributed by atoms with van der Waals surface area (Å²) in [6.45, 7) is 0. The van der Waals surface area contributed by atoms with E-state index in [2.05, 4.69) is 44.3 Å². The van der Waals surface area contributed by atoms with Crippen molar-refractivity contribution in [3.8, 4) is 0 Å². The Morgan fingerprint density at radius 3 is 2.55 bits per heavy atom. The molecule has 2 aromatic heterocycles. The first-order chi connectivity index (χ1) is 14.2. The minimum absolute atomic E-state index is 0.0150. The maximum Gasteiger partial charge on any atom is 0.174 e. The number of halogens is 1. The van der Waals surface area contributed by atoms with Gasteiger partial charge in [0.05, 0.1) is 17.8 Å². The fraction of sp³-hybridized carbons (Fsp3) is 0.304. The van der Waals surface area contributed by atoms with Crippen molar-refractivity contribution >= 4 is 34.6 Å². The number of hydrogen-bond acceptors (Lipinski definition) is 2. The second-order valence-electron chi connectivity index (χ2n) is 7.80. The fourth-order valence-corrected chi connectivity index (χ4v) is 5.08. The zero-order chi connectivity index (χ0) is 19.8. The first kappa shape index (κ1) is 18.6. The van der Waals surface area contributed by atoms with Crippen molar-refractivity contribution in [2.45, 2.75) is 43.8 Å². The zero-order valence-corrected chi connectivity index (χ0v) is 17.6. The molecule has 2 atom stereocenters. The van der Waals surface area contributed by atoms with Gasteiger partial charge < -0.3 is 14.8 Å². The molecule has 0 amide bonds. The molecule has 0 radical (unpaired) electrons. The Kier molecular flexibility index (Phi) is 5.02. The molecule has 148 valence electrons. The van der Waals surface area contributed by atoms with Crippen molar-refractivity contribution in [2.24, 2.45) is 0 Å². The van der Waals surface area contributed by atoms with E-state index < -0.39 is 0 Å². The lowest BCUT2D eigenvalue weighted by molar-refractivity contribution is 0.515. The Bertz CT molecular complexity index is 995. The molecule has 1 N–H and O–H groups in total. The molecule has 2 aliphatic rings. The number of nitrogens with one attached hydrogen (secondary N) is 1. The maximum atomic E-state index is 6.13. The molecule has 3 heterocycles. The van der Waals surface area contributed by atoms with Crippen LogP contribution in [0, 0.1) is 0 Å². The summed E-state index contributed by atoms with van der Waals surface area (Å²) in [5, 5.41) is 4.94. The molecular formula is C23H23ClN4S. The molecule has 5 rings (SSSR count). The molecule has 1 aliphatic heterocycles. The molecule has 0 spiro atoms. The predicted octanol–water partition coefficient (Wildman–Crippen LogP) is 5.83. The van der Waals surface area contributed by atoms with Crippen molar-refractivity contribution in [3.63, 3.8) is 0 Å². The average Bonchev–Trinajstić information content (AvgIpc) is 3.49. The summed E-state index contributed by atoms with van der Waals surface area (Å²) in [6, 6.07) is 16.8. The van der Waals surface area contributed by atoms with E-state index in [0.29, 0.717) is 11.2 Å². The number of thiocarbonyl (C=S) groups is 1.